The van der Waals surface area contributed by atoms with E-state index in [9.17, 15) is 4.79 Å². The molecule has 0 saturated heterocycles. The van der Waals surface area contributed by atoms with E-state index in [0.717, 1.165) is 17.8 Å². The molecule has 0 unspecified atom stereocenters. The fraction of sp³-hybridized carbons (Fsp3) is 0.261. The van der Waals surface area contributed by atoms with Crippen LogP contribution < -0.4 is 0 Å². The average molecular weight is 362 g/mol. The Bertz CT molecular complexity index is 871. The summed E-state index contributed by atoms with van der Waals surface area (Å²) >= 11 is 0. The molecule has 4 nitrogen and oxygen atoms in total. The number of rotatable bonds is 8. The molecule has 0 aliphatic heterocycles. The van der Waals surface area contributed by atoms with Crippen LogP contribution >= 0.6 is 0 Å². The third-order valence-corrected chi connectivity index (χ3v) is 4.72. The van der Waals surface area contributed by atoms with E-state index in [4.69, 9.17) is 4.74 Å². The highest BCUT2D eigenvalue weighted by Gasteiger charge is 2.16. The molecule has 3 rings (SSSR count). The molecule has 2 aromatic carbocycles. The van der Waals surface area contributed by atoms with Crippen molar-refractivity contribution in [1.29, 1.82) is 0 Å². The Hall–Kier alpha value is -2.85. The van der Waals surface area contributed by atoms with Gasteiger partial charge in [0.05, 0.1) is 6.54 Å². The second-order valence-electron chi connectivity index (χ2n) is 6.72. The average Bonchev–Trinajstić information content (AvgIpc) is 3.11. The number of amides is 1. The molecule has 0 N–H and O–H groups in total. The minimum absolute atomic E-state index is 0.00926. The summed E-state index contributed by atoms with van der Waals surface area (Å²) in [7, 11) is 1.56. The molecule has 0 saturated carbocycles. The number of aryl methyl sites for hydroxylation is 1. The number of ether oxygens (including phenoxy) is 1. The molecule has 0 radical (unpaired) electrons. The van der Waals surface area contributed by atoms with Crippen molar-refractivity contribution in [3.63, 3.8) is 0 Å². The SMILES string of the molecule is COCC(=O)N(Cc1ccccc1)Cc1cccn1Cc1ccccc1C. The van der Waals surface area contributed by atoms with Crippen molar-refractivity contribution in [2.75, 3.05) is 13.7 Å². The van der Waals surface area contributed by atoms with Gasteiger partial charge in [-0.15, -0.1) is 0 Å². The summed E-state index contributed by atoms with van der Waals surface area (Å²) in [5, 5.41) is 0. The molecule has 0 aliphatic carbocycles. The van der Waals surface area contributed by atoms with Gasteiger partial charge in [0.15, 0.2) is 0 Å². The van der Waals surface area contributed by atoms with Crippen LogP contribution in [0.15, 0.2) is 72.9 Å². The molecule has 1 aromatic heterocycles. The third-order valence-electron chi connectivity index (χ3n) is 4.72. The van der Waals surface area contributed by atoms with E-state index in [-0.39, 0.29) is 12.5 Å². The molecule has 0 atom stereocenters. The number of carbonyl (C=O) groups is 1. The normalized spacial score (nSPS) is 10.7. The van der Waals surface area contributed by atoms with Crippen LogP contribution in [-0.2, 0) is 29.2 Å². The lowest BCUT2D eigenvalue weighted by molar-refractivity contribution is -0.136. The van der Waals surface area contributed by atoms with E-state index in [1.807, 2.05) is 41.3 Å². The van der Waals surface area contributed by atoms with Crippen molar-refractivity contribution in [2.45, 2.75) is 26.6 Å². The molecule has 0 bridgehead atoms. The van der Waals surface area contributed by atoms with Gasteiger partial charge in [0, 0.05) is 32.1 Å². The van der Waals surface area contributed by atoms with Crippen LogP contribution in [0.5, 0.6) is 0 Å². The Morgan fingerprint density at radius 3 is 2.44 bits per heavy atom. The van der Waals surface area contributed by atoms with Gasteiger partial charge in [0.2, 0.25) is 5.91 Å². The molecule has 1 heterocycles. The Morgan fingerprint density at radius 2 is 1.70 bits per heavy atom. The van der Waals surface area contributed by atoms with E-state index >= 15 is 0 Å². The second-order valence-corrected chi connectivity index (χ2v) is 6.72. The van der Waals surface area contributed by atoms with Crippen LogP contribution in [0.3, 0.4) is 0 Å². The van der Waals surface area contributed by atoms with E-state index in [2.05, 4.69) is 48.0 Å². The quantitative estimate of drug-likeness (QED) is 0.607. The van der Waals surface area contributed by atoms with E-state index in [1.54, 1.807) is 7.11 Å². The first kappa shape index (κ1) is 18.9. The Labute approximate surface area is 161 Å². The summed E-state index contributed by atoms with van der Waals surface area (Å²) in [5.41, 5.74) is 4.78. The maximum atomic E-state index is 12.6. The minimum Gasteiger partial charge on any atom is -0.375 e. The fourth-order valence-electron chi connectivity index (χ4n) is 3.16. The third kappa shape index (κ3) is 5.08. The highest BCUT2D eigenvalue weighted by Crippen LogP contribution is 2.15. The van der Waals surface area contributed by atoms with E-state index in [1.165, 1.54) is 11.1 Å². The van der Waals surface area contributed by atoms with Gasteiger partial charge in [0.25, 0.3) is 0 Å². The van der Waals surface area contributed by atoms with Gasteiger partial charge < -0.3 is 14.2 Å². The van der Waals surface area contributed by atoms with Crippen LogP contribution in [0, 0.1) is 6.92 Å². The van der Waals surface area contributed by atoms with Gasteiger partial charge in [-0.2, -0.15) is 0 Å². The Morgan fingerprint density at radius 1 is 0.963 bits per heavy atom. The zero-order valence-electron chi connectivity index (χ0n) is 16.0. The molecular weight excluding hydrogens is 336 g/mol. The molecule has 27 heavy (non-hydrogen) atoms. The number of benzene rings is 2. The van der Waals surface area contributed by atoms with Crippen molar-refractivity contribution >= 4 is 5.91 Å². The van der Waals surface area contributed by atoms with Gasteiger partial charge in [-0.05, 0) is 35.7 Å². The number of hydrogen-bond acceptors (Lipinski definition) is 2. The summed E-state index contributed by atoms with van der Waals surface area (Å²) in [5.74, 6) is -0.00926. The van der Waals surface area contributed by atoms with Crippen molar-refractivity contribution in [1.82, 2.24) is 9.47 Å². The maximum absolute atomic E-state index is 12.6. The summed E-state index contributed by atoms with van der Waals surface area (Å²) in [6, 6.07) is 22.6. The molecule has 4 heteroatoms. The molecule has 3 aromatic rings. The summed E-state index contributed by atoms with van der Waals surface area (Å²) < 4.78 is 7.29. The first-order valence-corrected chi connectivity index (χ1v) is 9.16. The van der Waals surface area contributed by atoms with Crippen LogP contribution in [0.1, 0.15) is 22.4 Å². The van der Waals surface area contributed by atoms with E-state index in [0.29, 0.717) is 13.1 Å². The molecule has 0 spiro atoms. The van der Waals surface area contributed by atoms with Crippen LogP contribution in [0.2, 0.25) is 0 Å². The second kappa shape index (κ2) is 9.19. The molecule has 140 valence electrons. The van der Waals surface area contributed by atoms with Crippen LogP contribution in [0.4, 0.5) is 0 Å². The summed E-state index contributed by atoms with van der Waals surface area (Å²) in [6.45, 7) is 4.13. The zero-order valence-corrected chi connectivity index (χ0v) is 16.0. The van der Waals surface area contributed by atoms with Gasteiger partial charge >= 0.3 is 0 Å². The summed E-state index contributed by atoms with van der Waals surface area (Å²) in [6.07, 6.45) is 2.07. The lowest BCUT2D eigenvalue weighted by Crippen LogP contribution is -2.33. The molecular formula is C23H26N2O2. The monoisotopic (exact) mass is 362 g/mol. The topological polar surface area (TPSA) is 34.5 Å². The van der Waals surface area contributed by atoms with Gasteiger partial charge in [-0.25, -0.2) is 0 Å². The van der Waals surface area contributed by atoms with Crippen LogP contribution in [-0.4, -0.2) is 29.1 Å². The predicted molar refractivity (Wildman–Crippen MR) is 107 cm³/mol. The lowest BCUT2D eigenvalue weighted by atomic mass is 10.1. The highest BCUT2D eigenvalue weighted by atomic mass is 16.5. The molecule has 1 amide bonds. The van der Waals surface area contributed by atoms with Gasteiger partial charge in [-0.3, -0.25) is 4.79 Å². The number of carbonyl (C=O) groups excluding carboxylic acids is 1. The Kier molecular flexibility index (Phi) is 6.44. The van der Waals surface area contributed by atoms with Gasteiger partial charge in [0.1, 0.15) is 6.61 Å². The van der Waals surface area contributed by atoms with Crippen molar-refractivity contribution in [3.8, 4) is 0 Å². The lowest BCUT2D eigenvalue weighted by Gasteiger charge is -2.24. The predicted octanol–water partition coefficient (Wildman–Crippen LogP) is 4.02. The largest absolute Gasteiger partial charge is 0.375 e. The smallest absolute Gasteiger partial charge is 0.249 e. The van der Waals surface area contributed by atoms with Crippen molar-refractivity contribution in [2.24, 2.45) is 0 Å². The van der Waals surface area contributed by atoms with Crippen molar-refractivity contribution in [3.05, 3.63) is 95.3 Å². The molecule has 0 fully saturated rings. The number of nitrogens with zero attached hydrogens (tertiary/aromatic N) is 2. The standard InChI is InChI=1S/C23H26N2O2/c1-19-9-6-7-12-21(19)16-24-14-8-13-22(24)17-25(23(26)18-27-2)15-20-10-4-3-5-11-20/h3-14H,15-18H2,1-2H3. The molecule has 0 aliphatic rings. The maximum Gasteiger partial charge on any atom is 0.249 e. The Balaban J connectivity index is 1.79. The van der Waals surface area contributed by atoms with Crippen molar-refractivity contribution < 1.29 is 9.53 Å². The zero-order chi connectivity index (χ0) is 19.1. The fourth-order valence-corrected chi connectivity index (χ4v) is 3.16. The highest BCUT2D eigenvalue weighted by molar-refractivity contribution is 5.77. The van der Waals surface area contributed by atoms with E-state index < -0.39 is 0 Å². The number of hydrogen-bond donors (Lipinski definition) is 0. The van der Waals surface area contributed by atoms with Crippen LogP contribution in [0.25, 0.3) is 0 Å². The van der Waals surface area contributed by atoms with Gasteiger partial charge in [-0.1, -0.05) is 54.6 Å². The number of aromatic nitrogens is 1. The first-order chi connectivity index (χ1) is 13.2. The summed E-state index contributed by atoms with van der Waals surface area (Å²) in [4.78, 5) is 14.4. The number of methoxy groups -OCH3 is 1. The minimum atomic E-state index is -0.00926. The first-order valence-electron chi connectivity index (χ1n) is 9.16.